The zero-order valence-corrected chi connectivity index (χ0v) is 13.4. The van der Waals surface area contributed by atoms with E-state index in [1.54, 1.807) is 13.3 Å². The van der Waals surface area contributed by atoms with Crippen molar-refractivity contribution in [1.82, 2.24) is 10.3 Å². The van der Waals surface area contributed by atoms with Crippen LogP contribution in [-0.2, 0) is 0 Å². The molecule has 0 bridgehead atoms. The summed E-state index contributed by atoms with van der Waals surface area (Å²) < 4.78 is 5.29. The van der Waals surface area contributed by atoms with Crippen LogP contribution in [0.3, 0.4) is 0 Å². The third-order valence-electron chi connectivity index (χ3n) is 3.46. The molecule has 19 heavy (non-hydrogen) atoms. The van der Waals surface area contributed by atoms with E-state index in [4.69, 9.17) is 4.74 Å². The maximum absolute atomic E-state index is 5.29. The maximum atomic E-state index is 5.29. The average molecular weight is 298 g/mol. The zero-order valence-electron chi connectivity index (χ0n) is 11.8. The van der Waals surface area contributed by atoms with Crippen molar-refractivity contribution >= 4 is 23.5 Å². The van der Waals surface area contributed by atoms with Crippen molar-refractivity contribution in [2.24, 2.45) is 0 Å². The Morgan fingerprint density at radius 3 is 2.89 bits per heavy atom. The Morgan fingerprint density at radius 2 is 2.21 bits per heavy atom. The van der Waals surface area contributed by atoms with Gasteiger partial charge in [-0.1, -0.05) is 6.92 Å². The number of ether oxygens (including phenoxy) is 1. The molecule has 0 spiro atoms. The van der Waals surface area contributed by atoms with Gasteiger partial charge in [-0.2, -0.15) is 23.5 Å². The molecule has 0 aromatic carbocycles. The Morgan fingerprint density at radius 1 is 1.42 bits per heavy atom. The fraction of sp³-hybridized carbons (Fsp3) is 0.643. The molecule has 0 radical (unpaired) electrons. The minimum Gasteiger partial charge on any atom is -0.495 e. The zero-order chi connectivity index (χ0) is 13.7. The summed E-state index contributed by atoms with van der Waals surface area (Å²) in [5, 5.41) is 4.78. The third-order valence-corrected chi connectivity index (χ3v) is 6.81. The number of hydrogen-bond donors (Lipinski definition) is 1. The van der Waals surface area contributed by atoms with Crippen LogP contribution in [0.1, 0.15) is 24.9 Å². The fourth-order valence-corrected chi connectivity index (χ4v) is 5.78. The molecule has 3 nitrogen and oxygen atoms in total. The Bertz CT molecular complexity index is 403. The molecular formula is C14H22N2OS2. The van der Waals surface area contributed by atoms with Gasteiger partial charge < -0.3 is 10.1 Å². The molecule has 0 saturated carbocycles. The Hall–Kier alpha value is -0.390. The van der Waals surface area contributed by atoms with Crippen molar-refractivity contribution in [2.75, 3.05) is 25.7 Å². The monoisotopic (exact) mass is 298 g/mol. The van der Waals surface area contributed by atoms with Crippen molar-refractivity contribution in [3.8, 4) is 5.75 Å². The summed E-state index contributed by atoms with van der Waals surface area (Å²) in [7, 11) is 3.73. The predicted molar refractivity (Wildman–Crippen MR) is 85.4 cm³/mol. The average Bonchev–Trinajstić information content (AvgIpc) is 2.49. The van der Waals surface area contributed by atoms with Gasteiger partial charge in [0.05, 0.1) is 13.3 Å². The van der Waals surface area contributed by atoms with Crippen molar-refractivity contribution in [2.45, 2.75) is 29.9 Å². The lowest BCUT2D eigenvalue weighted by Crippen LogP contribution is -2.37. The molecule has 1 saturated heterocycles. The van der Waals surface area contributed by atoms with Crippen LogP contribution in [0, 0.1) is 0 Å². The number of aromatic nitrogens is 1. The van der Waals surface area contributed by atoms with Crippen LogP contribution in [-0.4, -0.2) is 41.1 Å². The summed E-state index contributed by atoms with van der Waals surface area (Å²) in [6.45, 7) is 2.28. The Balaban J connectivity index is 2.21. The van der Waals surface area contributed by atoms with Crippen molar-refractivity contribution < 1.29 is 4.74 Å². The lowest BCUT2D eigenvalue weighted by molar-refractivity contribution is 0.410. The molecule has 1 aliphatic rings. The summed E-state index contributed by atoms with van der Waals surface area (Å²) >= 11 is 4.19. The molecule has 106 valence electrons. The van der Waals surface area contributed by atoms with Crippen LogP contribution in [0.25, 0.3) is 0 Å². The number of rotatable bonds is 5. The van der Waals surface area contributed by atoms with Crippen LogP contribution in [0.2, 0.25) is 0 Å². The quantitative estimate of drug-likeness (QED) is 0.904. The molecule has 3 unspecified atom stereocenters. The number of hydrogen-bond acceptors (Lipinski definition) is 5. The van der Waals surface area contributed by atoms with E-state index in [9.17, 15) is 0 Å². The van der Waals surface area contributed by atoms with Crippen LogP contribution in [0.5, 0.6) is 5.75 Å². The van der Waals surface area contributed by atoms with Gasteiger partial charge in [0.2, 0.25) is 0 Å². The third kappa shape index (κ3) is 3.58. The largest absolute Gasteiger partial charge is 0.495 e. The Kier molecular flexibility index (Phi) is 5.85. The van der Waals surface area contributed by atoms with Gasteiger partial charge in [0.1, 0.15) is 5.75 Å². The second-order valence-electron chi connectivity index (χ2n) is 4.58. The predicted octanol–water partition coefficient (Wildman–Crippen LogP) is 2.98. The molecule has 1 aromatic heterocycles. The van der Waals surface area contributed by atoms with Crippen molar-refractivity contribution in [3.63, 3.8) is 0 Å². The van der Waals surface area contributed by atoms with Gasteiger partial charge in [-0.25, -0.2) is 0 Å². The van der Waals surface area contributed by atoms with Gasteiger partial charge in [0.15, 0.2) is 0 Å². The molecule has 2 rings (SSSR count). The van der Waals surface area contributed by atoms with Crippen molar-refractivity contribution in [3.05, 3.63) is 24.0 Å². The summed E-state index contributed by atoms with van der Waals surface area (Å²) in [5.41, 5.74) is 1.22. The molecule has 1 fully saturated rings. The normalized spacial score (nSPS) is 25.0. The number of methoxy groups -OCH3 is 1. The highest BCUT2D eigenvalue weighted by molar-refractivity contribution is 8.07. The first-order valence-corrected chi connectivity index (χ1v) is 8.79. The van der Waals surface area contributed by atoms with E-state index >= 15 is 0 Å². The van der Waals surface area contributed by atoms with E-state index in [0.29, 0.717) is 16.5 Å². The van der Waals surface area contributed by atoms with E-state index in [2.05, 4.69) is 46.8 Å². The fourth-order valence-electron chi connectivity index (χ4n) is 2.48. The van der Waals surface area contributed by atoms with E-state index in [0.717, 1.165) is 5.75 Å². The summed E-state index contributed by atoms with van der Waals surface area (Å²) in [6.07, 6.45) is 4.93. The van der Waals surface area contributed by atoms with E-state index < -0.39 is 0 Å². The first-order chi connectivity index (χ1) is 9.30. The van der Waals surface area contributed by atoms with Crippen LogP contribution < -0.4 is 10.1 Å². The first-order valence-electron chi connectivity index (χ1n) is 6.69. The second kappa shape index (κ2) is 7.41. The molecule has 0 amide bonds. The number of pyridine rings is 1. The molecule has 1 aliphatic heterocycles. The standard InChI is InChI=1S/C14H22N2OS2/c1-4-12-14(19-6-5-18-12)13(15-2)10-7-11(17-3)9-16-8-10/h7-9,12-15H,4-6H2,1-3H3. The van der Waals surface area contributed by atoms with E-state index in [1.165, 1.54) is 23.5 Å². The molecule has 0 aliphatic carbocycles. The van der Waals surface area contributed by atoms with Crippen LogP contribution in [0.15, 0.2) is 18.5 Å². The summed E-state index contributed by atoms with van der Waals surface area (Å²) in [6, 6.07) is 2.44. The first kappa shape index (κ1) is 15.0. The van der Waals surface area contributed by atoms with Gasteiger partial charge in [0, 0.05) is 34.2 Å². The topological polar surface area (TPSA) is 34.2 Å². The molecule has 1 N–H and O–H groups in total. The highest BCUT2D eigenvalue weighted by Gasteiger charge is 2.32. The maximum Gasteiger partial charge on any atom is 0.137 e. The van der Waals surface area contributed by atoms with Crippen molar-refractivity contribution in [1.29, 1.82) is 0 Å². The summed E-state index contributed by atoms with van der Waals surface area (Å²) in [4.78, 5) is 4.29. The SMILES string of the molecule is CCC1SCCSC1C(NC)c1cncc(OC)c1. The number of nitrogens with zero attached hydrogens (tertiary/aromatic N) is 1. The van der Waals surface area contributed by atoms with Gasteiger partial charge in [-0.15, -0.1) is 0 Å². The molecule has 3 atom stereocenters. The second-order valence-corrected chi connectivity index (χ2v) is 7.21. The summed E-state index contributed by atoms with van der Waals surface area (Å²) in [5.74, 6) is 3.34. The van der Waals surface area contributed by atoms with Gasteiger partial charge in [-0.05, 0) is 25.1 Å². The van der Waals surface area contributed by atoms with Crippen LogP contribution in [0.4, 0.5) is 0 Å². The van der Waals surface area contributed by atoms with Gasteiger partial charge in [0.25, 0.3) is 0 Å². The molecular weight excluding hydrogens is 276 g/mol. The lowest BCUT2D eigenvalue weighted by atomic mass is 10.0. The van der Waals surface area contributed by atoms with Crippen LogP contribution >= 0.6 is 23.5 Å². The highest BCUT2D eigenvalue weighted by Crippen LogP contribution is 2.40. The molecule has 2 heterocycles. The van der Waals surface area contributed by atoms with E-state index in [-0.39, 0.29) is 0 Å². The number of nitrogens with one attached hydrogen (secondary N) is 1. The van der Waals surface area contributed by atoms with E-state index in [1.807, 2.05) is 13.2 Å². The minimum atomic E-state index is 0.338. The lowest BCUT2D eigenvalue weighted by Gasteiger charge is -2.36. The smallest absolute Gasteiger partial charge is 0.137 e. The van der Waals surface area contributed by atoms with Gasteiger partial charge in [-0.3, -0.25) is 4.98 Å². The Labute approximate surface area is 124 Å². The number of thioether (sulfide) groups is 2. The minimum absolute atomic E-state index is 0.338. The molecule has 1 aromatic rings. The van der Waals surface area contributed by atoms with Gasteiger partial charge >= 0.3 is 0 Å². The highest BCUT2D eigenvalue weighted by atomic mass is 32.2. The molecule has 5 heteroatoms.